The fourth-order valence-electron chi connectivity index (χ4n) is 1.48. The highest BCUT2D eigenvalue weighted by atomic mass is 19.3. The Morgan fingerprint density at radius 2 is 2.06 bits per heavy atom. The van der Waals surface area contributed by atoms with Crippen LogP contribution in [0.2, 0.25) is 0 Å². The molecular formula is C11H11F2NO3. The molecule has 0 atom stereocenters. The minimum absolute atomic E-state index is 0.0384. The zero-order valence-corrected chi connectivity index (χ0v) is 9.13. The number of amides is 1. The molecule has 4 nitrogen and oxygen atoms in total. The van der Waals surface area contributed by atoms with Crippen molar-refractivity contribution in [3.05, 3.63) is 18.2 Å². The van der Waals surface area contributed by atoms with E-state index in [1.165, 1.54) is 18.2 Å². The molecular weight excluding hydrogens is 232 g/mol. The highest BCUT2D eigenvalue weighted by Crippen LogP contribution is 2.42. The summed E-state index contributed by atoms with van der Waals surface area (Å²) in [6, 6.07) is 4.12. The number of alkyl halides is 2. The molecule has 92 valence electrons. The molecule has 1 aliphatic heterocycles. The third kappa shape index (κ3) is 2.64. The van der Waals surface area contributed by atoms with E-state index in [0.717, 1.165) is 0 Å². The topological polar surface area (TPSA) is 47.6 Å². The van der Waals surface area contributed by atoms with E-state index in [2.05, 4.69) is 14.8 Å². The zero-order chi connectivity index (χ0) is 12.5. The normalized spacial score (nSPS) is 15.7. The second-order valence-corrected chi connectivity index (χ2v) is 3.63. The van der Waals surface area contributed by atoms with E-state index in [4.69, 9.17) is 0 Å². The quantitative estimate of drug-likeness (QED) is 0.887. The van der Waals surface area contributed by atoms with E-state index in [9.17, 15) is 13.6 Å². The van der Waals surface area contributed by atoms with Gasteiger partial charge in [0.15, 0.2) is 11.5 Å². The lowest BCUT2D eigenvalue weighted by atomic mass is 10.2. The fourth-order valence-corrected chi connectivity index (χ4v) is 1.48. The first-order valence-electron chi connectivity index (χ1n) is 5.20. The van der Waals surface area contributed by atoms with Gasteiger partial charge in [0, 0.05) is 18.2 Å². The van der Waals surface area contributed by atoms with Gasteiger partial charge in [0.2, 0.25) is 5.91 Å². The number of ether oxygens (including phenoxy) is 2. The number of benzene rings is 1. The molecule has 1 N–H and O–H groups in total. The zero-order valence-electron chi connectivity index (χ0n) is 9.13. The third-order valence-electron chi connectivity index (χ3n) is 2.16. The van der Waals surface area contributed by atoms with Gasteiger partial charge in [-0.3, -0.25) is 4.79 Å². The molecule has 1 aromatic rings. The Hall–Kier alpha value is -1.85. The summed E-state index contributed by atoms with van der Waals surface area (Å²) in [6.07, 6.45) is -2.53. The maximum absolute atomic E-state index is 12.7. The van der Waals surface area contributed by atoms with E-state index in [0.29, 0.717) is 18.5 Å². The van der Waals surface area contributed by atoms with E-state index >= 15 is 0 Å². The molecule has 0 fully saturated rings. The summed E-state index contributed by atoms with van der Waals surface area (Å²) in [5.74, 6) is -0.286. The van der Waals surface area contributed by atoms with E-state index < -0.39 is 6.29 Å². The number of carbonyl (C=O) groups is 1. The van der Waals surface area contributed by atoms with Crippen molar-refractivity contribution < 1.29 is 23.0 Å². The van der Waals surface area contributed by atoms with E-state index in [-0.39, 0.29) is 17.4 Å². The maximum Gasteiger partial charge on any atom is 0.586 e. The molecule has 0 aromatic heterocycles. The molecule has 0 unspecified atom stereocenters. The first kappa shape index (κ1) is 11.6. The van der Waals surface area contributed by atoms with Crippen LogP contribution in [-0.2, 0) is 4.79 Å². The number of rotatable bonds is 3. The Morgan fingerprint density at radius 1 is 1.35 bits per heavy atom. The van der Waals surface area contributed by atoms with E-state index in [1.54, 1.807) is 0 Å². The lowest BCUT2D eigenvalue weighted by molar-refractivity contribution is -0.286. The molecule has 17 heavy (non-hydrogen) atoms. The Labute approximate surface area is 96.5 Å². The highest BCUT2D eigenvalue weighted by molar-refractivity contribution is 5.91. The summed E-state index contributed by atoms with van der Waals surface area (Å²) in [7, 11) is 0. The van der Waals surface area contributed by atoms with Gasteiger partial charge in [-0.1, -0.05) is 6.92 Å². The standard InChI is InChI=1S/C11H11F2NO3/c1-2-3-10(15)14-7-4-5-8-9(6-7)17-11(12,13)16-8/h4-6H,2-3H2,1H3,(H,14,15). The largest absolute Gasteiger partial charge is 0.586 e. The molecule has 6 heteroatoms. The van der Waals surface area contributed by atoms with Crippen molar-refractivity contribution in [3.63, 3.8) is 0 Å². The molecule has 1 amide bonds. The van der Waals surface area contributed by atoms with Crippen molar-refractivity contribution in [2.24, 2.45) is 0 Å². The lowest BCUT2D eigenvalue weighted by Gasteiger charge is -2.05. The predicted octanol–water partition coefficient (Wildman–Crippen LogP) is 2.75. The van der Waals surface area contributed by atoms with Crippen LogP contribution in [0.25, 0.3) is 0 Å². The van der Waals surface area contributed by atoms with Gasteiger partial charge in [0.05, 0.1) is 0 Å². The lowest BCUT2D eigenvalue weighted by Crippen LogP contribution is -2.25. The van der Waals surface area contributed by atoms with Gasteiger partial charge in [-0.05, 0) is 18.6 Å². The van der Waals surface area contributed by atoms with Gasteiger partial charge < -0.3 is 14.8 Å². The molecule has 0 aliphatic carbocycles. The molecule has 0 saturated carbocycles. The molecule has 1 heterocycles. The smallest absolute Gasteiger partial charge is 0.395 e. The van der Waals surface area contributed by atoms with Crippen molar-refractivity contribution in [3.8, 4) is 11.5 Å². The molecule has 2 rings (SSSR count). The van der Waals surface area contributed by atoms with Crippen molar-refractivity contribution in [2.45, 2.75) is 26.1 Å². The number of nitrogens with one attached hydrogen (secondary N) is 1. The van der Waals surface area contributed by atoms with Gasteiger partial charge in [-0.15, -0.1) is 8.78 Å². The Morgan fingerprint density at radius 3 is 2.76 bits per heavy atom. The summed E-state index contributed by atoms with van der Waals surface area (Å²) in [5.41, 5.74) is 0.406. The molecule has 0 radical (unpaired) electrons. The Bertz CT molecular complexity index is 448. The van der Waals surface area contributed by atoms with Crippen LogP contribution in [0, 0.1) is 0 Å². The second kappa shape index (κ2) is 4.20. The second-order valence-electron chi connectivity index (χ2n) is 3.63. The number of fused-ring (bicyclic) bond motifs is 1. The molecule has 1 aromatic carbocycles. The minimum Gasteiger partial charge on any atom is -0.395 e. The monoisotopic (exact) mass is 243 g/mol. The van der Waals surface area contributed by atoms with E-state index in [1.807, 2.05) is 6.92 Å². The van der Waals surface area contributed by atoms with Gasteiger partial charge >= 0.3 is 6.29 Å². The molecule has 0 saturated heterocycles. The summed E-state index contributed by atoms with van der Waals surface area (Å²) in [5, 5.41) is 2.58. The van der Waals surface area contributed by atoms with Crippen molar-refractivity contribution >= 4 is 11.6 Å². The van der Waals surface area contributed by atoms with Crippen molar-refractivity contribution in [1.29, 1.82) is 0 Å². The number of hydrogen-bond acceptors (Lipinski definition) is 3. The van der Waals surface area contributed by atoms with Crippen LogP contribution in [0.5, 0.6) is 11.5 Å². The number of hydrogen-bond donors (Lipinski definition) is 1. The van der Waals surface area contributed by atoms with Crippen LogP contribution in [-0.4, -0.2) is 12.2 Å². The highest BCUT2D eigenvalue weighted by Gasteiger charge is 2.43. The number of anilines is 1. The number of halogens is 2. The first-order valence-corrected chi connectivity index (χ1v) is 5.20. The average molecular weight is 243 g/mol. The Balaban J connectivity index is 2.11. The summed E-state index contributed by atoms with van der Waals surface area (Å²) in [6.45, 7) is 1.87. The van der Waals surface area contributed by atoms with Crippen LogP contribution in [0.3, 0.4) is 0 Å². The predicted molar refractivity (Wildman–Crippen MR) is 56.2 cm³/mol. The summed E-state index contributed by atoms with van der Waals surface area (Å²) in [4.78, 5) is 11.3. The van der Waals surface area contributed by atoms with Gasteiger partial charge in [0.1, 0.15) is 0 Å². The van der Waals surface area contributed by atoms with Crippen molar-refractivity contribution in [2.75, 3.05) is 5.32 Å². The fraction of sp³-hybridized carbons (Fsp3) is 0.364. The van der Waals surface area contributed by atoms with Crippen LogP contribution >= 0.6 is 0 Å². The van der Waals surface area contributed by atoms with Gasteiger partial charge in [-0.25, -0.2) is 0 Å². The van der Waals surface area contributed by atoms with Crippen LogP contribution < -0.4 is 14.8 Å². The van der Waals surface area contributed by atoms with Crippen LogP contribution in [0.15, 0.2) is 18.2 Å². The van der Waals surface area contributed by atoms with Gasteiger partial charge in [-0.2, -0.15) is 0 Å². The van der Waals surface area contributed by atoms with Crippen LogP contribution in [0.4, 0.5) is 14.5 Å². The maximum atomic E-state index is 12.7. The molecule has 0 bridgehead atoms. The first-order chi connectivity index (χ1) is 8.00. The summed E-state index contributed by atoms with van der Waals surface area (Å²) < 4.78 is 33.9. The average Bonchev–Trinajstić information content (AvgIpc) is 2.51. The SMILES string of the molecule is CCCC(=O)Nc1ccc2c(c1)OC(F)(F)O2. The van der Waals surface area contributed by atoms with Crippen LogP contribution in [0.1, 0.15) is 19.8 Å². The van der Waals surface area contributed by atoms with Crippen molar-refractivity contribution in [1.82, 2.24) is 0 Å². The number of carbonyl (C=O) groups excluding carboxylic acids is 1. The van der Waals surface area contributed by atoms with Gasteiger partial charge in [0.25, 0.3) is 0 Å². The molecule has 0 spiro atoms. The third-order valence-corrected chi connectivity index (χ3v) is 2.16. The molecule has 1 aliphatic rings. The minimum atomic E-state index is -3.63. The Kier molecular flexibility index (Phi) is 2.87. The summed E-state index contributed by atoms with van der Waals surface area (Å²) >= 11 is 0.